The van der Waals surface area contributed by atoms with Crippen LogP contribution in [0.5, 0.6) is 0 Å². The standard InChI is InChI=1S/C17H13ClN2O5S/c1-9-2-3-10(6-14(9)18)20-26(24,25)11-4-5-15-12(7-11)16(21)13(8-19-15)17(22)23/h2-8,20H,1H3,(H,19,21)(H,22,23). The number of aromatic carboxylic acids is 1. The van der Waals surface area contributed by atoms with E-state index in [-0.39, 0.29) is 16.0 Å². The summed E-state index contributed by atoms with van der Waals surface area (Å²) in [5.74, 6) is -1.39. The summed E-state index contributed by atoms with van der Waals surface area (Å²) in [6, 6.07) is 8.57. The van der Waals surface area contributed by atoms with E-state index >= 15 is 0 Å². The molecule has 0 aliphatic rings. The van der Waals surface area contributed by atoms with Crippen molar-refractivity contribution in [3.63, 3.8) is 0 Å². The number of aryl methyl sites for hydroxylation is 1. The molecule has 9 heteroatoms. The Bertz CT molecular complexity index is 1200. The van der Waals surface area contributed by atoms with Crippen LogP contribution in [0.15, 0.2) is 52.3 Å². The second kappa shape index (κ2) is 6.47. The molecule has 134 valence electrons. The third-order valence-electron chi connectivity index (χ3n) is 3.82. The van der Waals surface area contributed by atoms with Gasteiger partial charge in [0, 0.05) is 22.1 Å². The van der Waals surface area contributed by atoms with Crippen LogP contribution in [0, 0.1) is 6.92 Å². The van der Waals surface area contributed by atoms with E-state index in [0.717, 1.165) is 17.8 Å². The largest absolute Gasteiger partial charge is 0.477 e. The quantitative estimate of drug-likeness (QED) is 0.631. The topological polar surface area (TPSA) is 116 Å². The van der Waals surface area contributed by atoms with Gasteiger partial charge in [-0.05, 0) is 42.8 Å². The van der Waals surface area contributed by atoms with Crippen molar-refractivity contribution in [3.8, 4) is 0 Å². The minimum Gasteiger partial charge on any atom is -0.477 e. The lowest BCUT2D eigenvalue weighted by molar-refractivity contribution is 0.0695. The molecular weight excluding hydrogens is 380 g/mol. The predicted octanol–water partition coefficient (Wildman–Crippen LogP) is 2.99. The van der Waals surface area contributed by atoms with Crippen molar-refractivity contribution >= 4 is 44.2 Å². The minimum atomic E-state index is -3.99. The molecule has 0 bridgehead atoms. The van der Waals surface area contributed by atoms with Crippen LogP contribution >= 0.6 is 11.6 Å². The molecule has 7 nitrogen and oxygen atoms in total. The number of pyridine rings is 1. The highest BCUT2D eigenvalue weighted by Gasteiger charge is 2.18. The Labute approximate surface area is 153 Å². The molecule has 26 heavy (non-hydrogen) atoms. The average Bonchev–Trinajstić information content (AvgIpc) is 2.57. The number of hydrogen-bond acceptors (Lipinski definition) is 4. The van der Waals surface area contributed by atoms with Crippen LogP contribution in [0.2, 0.25) is 5.02 Å². The maximum absolute atomic E-state index is 12.6. The summed E-state index contributed by atoms with van der Waals surface area (Å²) < 4.78 is 27.6. The van der Waals surface area contributed by atoms with Gasteiger partial charge >= 0.3 is 5.97 Å². The Hall–Kier alpha value is -2.84. The molecule has 3 N–H and O–H groups in total. The first-order valence-electron chi connectivity index (χ1n) is 7.37. The number of H-pyrrole nitrogens is 1. The van der Waals surface area contributed by atoms with Crippen molar-refractivity contribution in [2.45, 2.75) is 11.8 Å². The number of anilines is 1. The molecule has 1 heterocycles. The van der Waals surface area contributed by atoms with Crippen LogP contribution < -0.4 is 10.2 Å². The van der Waals surface area contributed by atoms with Gasteiger partial charge in [0.05, 0.1) is 10.6 Å². The molecule has 0 unspecified atom stereocenters. The first-order chi connectivity index (χ1) is 12.2. The molecule has 0 saturated heterocycles. The number of carbonyl (C=O) groups is 1. The minimum absolute atomic E-state index is 0.0327. The fourth-order valence-electron chi connectivity index (χ4n) is 2.39. The van der Waals surface area contributed by atoms with E-state index in [1.165, 1.54) is 18.2 Å². The van der Waals surface area contributed by atoms with E-state index in [2.05, 4.69) is 9.71 Å². The van der Waals surface area contributed by atoms with E-state index in [0.29, 0.717) is 10.5 Å². The summed E-state index contributed by atoms with van der Waals surface area (Å²) in [7, 11) is -3.99. The molecule has 0 atom stereocenters. The highest BCUT2D eigenvalue weighted by Crippen LogP contribution is 2.23. The number of sulfonamides is 1. The summed E-state index contributed by atoms with van der Waals surface area (Å²) >= 11 is 6.00. The summed E-state index contributed by atoms with van der Waals surface area (Å²) in [5.41, 5.74) is 0.172. The SMILES string of the molecule is Cc1ccc(NS(=O)(=O)c2ccc3[nH]cc(C(=O)O)c(=O)c3c2)cc1Cl. The molecule has 0 fully saturated rings. The van der Waals surface area contributed by atoms with Gasteiger partial charge in [0.1, 0.15) is 5.56 Å². The van der Waals surface area contributed by atoms with Gasteiger partial charge in [-0.1, -0.05) is 17.7 Å². The van der Waals surface area contributed by atoms with E-state index in [1.54, 1.807) is 19.1 Å². The number of benzene rings is 2. The van der Waals surface area contributed by atoms with E-state index in [1.807, 2.05) is 0 Å². The Morgan fingerprint density at radius 3 is 2.58 bits per heavy atom. The Kier molecular flexibility index (Phi) is 4.47. The van der Waals surface area contributed by atoms with Crippen molar-refractivity contribution in [1.29, 1.82) is 0 Å². The number of halogens is 1. The zero-order valence-corrected chi connectivity index (χ0v) is 15.0. The van der Waals surface area contributed by atoms with Gasteiger partial charge in [-0.2, -0.15) is 0 Å². The van der Waals surface area contributed by atoms with Crippen LogP contribution in [0.4, 0.5) is 5.69 Å². The summed E-state index contributed by atoms with van der Waals surface area (Å²) in [4.78, 5) is 25.8. The lowest BCUT2D eigenvalue weighted by Gasteiger charge is -2.10. The number of hydrogen-bond donors (Lipinski definition) is 3. The fraction of sp³-hybridized carbons (Fsp3) is 0.0588. The smallest absolute Gasteiger partial charge is 0.341 e. The number of rotatable bonds is 4. The lowest BCUT2D eigenvalue weighted by atomic mass is 10.1. The molecule has 2 aromatic carbocycles. The van der Waals surface area contributed by atoms with E-state index in [9.17, 15) is 18.0 Å². The Morgan fingerprint density at radius 1 is 1.19 bits per heavy atom. The number of carboxylic acid groups (broad SMARTS) is 1. The van der Waals surface area contributed by atoms with Gasteiger partial charge in [0.25, 0.3) is 10.0 Å². The zero-order valence-electron chi connectivity index (χ0n) is 13.4. The van der Waals surface area contributed by atoms with Gasteiger partial charge in [-0.25, -0.2) is 13.2 Å². The molecular formula is C17H13ClN2O5S. The second-order valence-electron chi connectivity index (χ2n) is 5.61. The molecule has 0 radical (unpaired) electrons. The van der Waals surface area contributed by atoms with Crippen molar-refractivity contribution in [1.82, 2.24) is 4.98 Å². The lowest BCUT2D eigenvalue weighted by Crippen LogP contribution is -2.17. The summed E-state index contributed by atoms with van der Waals surface area (Å²) in [6.07, 6.45) is 1.08. The Morgan fingerprint density at radius 2 is 1.92 bits per heavy atom. The maximum atomic E-state index is 12.6. The Balaban J connectivity index is 2.08. The first-order valence-corrected chi connectivity index (χ1v) is 9.23. The molecule has 3 rings (SSSR count). The molecule has 0 aliphatic heterocycles. The second-order valence-corrected chi connectivity index (χ2v) is 7.70. The van der Waals surface area contributed by atoms with Crippen LogP contribution in [-0.4, -0.2) is 24.5 Å². The fourth-order valence-corrected chi connectivity index (χ4v) is 3.65. The number of aromatic nitrogens is 1. The average molecular weight is 393 g/mol. The summed E-state index contributed by atoms with van der Waals surface area (Å²) in [6.45, 7) is 1.79. The van der Waals surface area contributed by atoms with Gasteiger partial charge in [0.15, 0.2) is 0 Å². The molecule has 0 aliphatic carbocycles. The van der Waals surface area contributed by atoms with Crippen molar-refractivity contribution < 1.29 is 18.3 Å². The molecule has 1 aromatic heterocycles. The number of nitrogens with one attached hydrogen (secondary N) is 2. The molecule has 3 aromatic rings. The van der Waals surface area contributed by atoms with Gasteiger partial charge < -0.3 is 10.1 Å². The van der Waals surface area contributed by atoms with Crippen LogP contribution in [0.3, 0.4) is 0 Å². The highest BCUT2D eigenvalue weighted by atomic mass is 35.5. The third-order valence-corrected chi connectivity index (χ3v) is 5.60. The molecule has 0 saturated carbocycles. The predicted molar refractivity (Wildman–Crippen MR) is 98.5 cm³/mol. The van der Waals surface area contributed by atoms with E-state index < -0.39 is 27.0 Å². The van der Waals surface area contributed by atoms with Gasteiger partial charge in [-0.15, -0.1) is 0 Å². The molecule has 0 spiro atoms. The van der Waals surface area contributed by atoms with Crippen molar-refractivity contribution in [2.24, 2.45) is 0 Å². The summed E-state index contributed by atoms with van der Waals surface area (Å²) in [5, 5.41) is 9.41. The number of carboxylic acids is 1. The van der Waals surface area contributed by atoms with Gasteiger partial charge in [0.2, 0.25) is 5.43 Å². The molecule has 0 amide bonds. The number of aromatic amines is 1. The third kappa shape index (κ3) is 3.29. The number of fused-ring (bicyclic) bond motifs is 1. The van der Waals surface area contributed by atoms with Crippen LogP contribution in [-0.2, 0) is 10.0 Å². The van der Waals surface area contributed by atoms with Crippen LogP contribution in [0.25, 0.3) is 10.9 Å². The van der Waals surface area contributed by atoms with Crippen molar-refractivity contribution in [2.75, 3.05) is 4.72 Å². The van der Waals surface area contributed by atoms with Gasteiger partial charge in [-0.3, -0.25) is 9.52 Å². The maximum Gasteiger partial charge on any atom is 0.341 e. The monoisotopic (exact) mass is 392 g/mol. The van der Waals surface area contributed by atoms with E-state index in [4.69, 9.17) is 16.7 Å². The zero-order chi connectivity index (χ0) is 19.1. The first kappa shape index (κ1) is 18.0. The normalized spacial score (nSPS) is 11.5. The highest BCUT2D eigenvalue weighted by molar-refractivity contribution is 7.92. The van der Waals surface area contributed by atoms with Crippen LogP contribution in [0.1, 0.15) is 15.9 Å². The van der Waals surface area contributed by atoms with Crippen molar-refractivity contribution in [3.05, 3.63) is 69.0 Å².